The van der Waals surface area contributed by atoms with Crippen molar-refractivity contribution in [2.45, 2.75) is 17.5 Å². The number of hydrogen-bond donors (Lipinski definition) is 1. The quantitative estimate of drug-likeness (QED) is 0.621. The van der Waals surface area contributed by atoms with E-state index < -0.39 is 37.3 Å². The highest BCUT2D eigenvalue weighted by atomic mass is 32.2. The fourth-order valence-electron chi connectivity index (χ4n) is 2.15. The van der Waals surface area contributed by atoms with Gasteiger partial charge in [-0.2, -0.15) is 13.2 Å². The second-order valence-corrected chi connectivity index (χ2v) is 6.81. The SMILES string of the molecule is O=[N+]([O-])c1ccccc1S(=O)(=O)NCCc1cccc(C(F)(F)F)c1. The maximum Gasteiger partial charge on any atom is 0.416 e. The zero-order valence-electron chi connectivity index (χ0n) is 12.7. The highest BCUT2D eigenvalue weighted by molar-refractivity contribution is 7.89. The van der Waals surface area contributed by atoms with Crippen LogP contribution in [-0.2, 0) is 22.6 Å². The van der Waals surface area contributed by atoms with Gasteiger partial charge in [0.1, 0.15) is 0 Å². The average Bonchev–Trinajstić information content (AvgIpc) is 2.54. The topological polar surface area (TPSA) is 89.3 Å². The molecule has 0 aliphatic rings. The molecule has 0 fully saturated rings. The molecule has 1 N–H and O–H groups in total. The molecule has 0 bridgehead atoms. The molecule has 25 heavy (non-hydrogen) atoms. The minimum Gasteiger partial charge on any atom is -0.258 e. The fourth-order valence-corrected chi connectivity index (χ4v) is 3.35. The zero-order valence-corrected chi connectivity index (χ0v) is 13.5. The molecule has 10 heteroatoms. The summed E-state index contributed by atoms with van der Waals surface area (Å²) in [6, 6.07) is 9.34. The Labute approximate surface area is 141 Å². The largest absolute Gasteiger partial charge is 0.416 e. The number of halogens is 3. The number of hydrogen-bond acceptors (Lipinski definition) is 4. The second-order valence-electron chi connectivity index (χ2n) is 5.07. The molecule has 2 aromatic rings. The Kier molecular flexibility index (Phi) is 5.43. The highest BCUT2D eigenvalue weighted by Crippen LogP contribution is 2.29. The van der Waals surface area contributed by atoms with Crippen molar-refractivity contribution in [1.82, 2.24) is 4.72 Å². The van der Waals surface area contributed by atoms with Crippen LogP contribution in [0, 0.1) is 10.1 Å². The lowest BCUT2D eigenvalue weighted by molar-refractivity contribution is -0.387. The summed E-state index contributed by atoms with van der Waals surface area (Å²) in [4.78, 5) is 9.59. The minimum atomic E-state index is -4.49. The number of nitro groups is 1. The fraction of sp³-hybridized carbons (Fsp3) is 0.200. The Balaban J connectivity index is 2.11. The summed E-state index contributed by atoms with van der Waals surface area (Å²) in [5.74, 6) is 0. The molecule has 2 aromatic carbocycles. The van der Waals surface area contributed by atoms with E-state index in [9.17, 15) is 31.7 Å². The number of nitrogens with zero attached hydrogens (tertiary/aromatic N) is 1. The molecule has 0 saturated carbocycles. The van der Waals surface area contributed by atoms with E-state index in [2.05, 4.69) is 4.72 Å². The lowest BCUT2D eigenvalue weighted by Gasteiger charge is -2.10. The maximum atomic E-state index is 12.6. The van der Waals surface area contributed by atoms with Crippen molar-refractivity contribution in [3.05, 3.63) is 69.8 Å². The second kappa shape index (κ2) is 7.19. The molecule has 0 saturated heterocycles. The first kappa shape index (κ1) is 18.9. The normalized spacial score (nSPS) is 12.1. The van der Waals surface area contributed by atoms with Gasteiger partial charge in [0, 0.05) is 12.6 Å². The molecule has 0 aliphatic heterocycles. The summed E-state index contributed by atoms with van der Waals surface area (Å²) in [5.41, 5.74) is -1.11. The molecule has 2 rings (SSSR count). The Morgan fingerprint density at radius 3 is 2.40 bits per heavy atom. The molecule has 134 valence electrons. The van der Waals surface area contributed by atoms with E-state index >= 15 is 0 Å². The first-order chi connectivity index (χ1) is 11.6. The third-order valence-corrected chi connectivity index (χ3v) is 4.82. The van der Waals surface area contributed by atoms with E-state index in [4.69, 9.17) is 0 Å². The summed E-state index contributed by atoms with van der Waals surface area (Å²) in [5, 5.41) is 10.9. The molecule has 0 heterocycles. The number of sulfonamides is 1. The molecule has 0 amide bonds. The van der Waals surface area contributed by atoms with Gasteiger partial charge < -0.3 is 0 Å². The first-order valence-corrected chi connectivity index (χ1v) is 8.49. The van der Waals surface area contributed by atoms with E-state index in [-0.39, 0.29) is 13.0 Å². The zero-order chi connectivity index (χ0) is 18.7. The van der Waals surface area contributed by atoms with Crippen LogP contribution in [0.3, 0.4) is 0 Å². The van der Waals surface area contributed by atoms with Crippen molar-refractivity contribution in [1.29, 1.82) is 0 Å². The number of benzene rings is 2. The van der Waals surface area contributed by atoms with E-state index in [0.717, 1.165) is 24.3 Å². The Hall–Kier alpha value is -2.46. The van der Waals surface area contributed by atoms with Gasteiger partial charge in [-0.05, 0) is 24.1 Å². The van der Waals surface area contributed by atoms with Gasteiger partial charge in [0.2, 0.25) is 10.0 Å². The standard InChI is InChI=1S/C15H13F3N2O4S/c16-15(17,18)12-5-3-4-11(10-12)8-9-19-25(23,24)14-7-2-1-6-13(14)20(21)22/h1-7,10,19H,8-9H2. The van der Waals surface area contributed by atoms with Crippen LogP contribution in [0.2, 0.25) is 0 Å². The summed E-state index contributed by atoms with van der Waals surface area (Å²) in [7, 11) is -4.16. The van der Waals surface area contributed by atoms with Crippen LogP contribution in [0.1, 0.15) is 11.1 Å². The van der Waals surface area contributed by atoms with Gasteiger partial charge in [0.05, 0.1) is 10.5 Å². The number of nitro benzene ring substituents is 1. The van der Waals surface area contributed by atoms with Crippen molar-refractivity contribution in [2.75, 3.05) is 6.54 Å². The van der Waals surface area contributed by atoms with Crippen molar-refractivity contribution < 1.29 is 26.5 Å². The van der Waals surface area contributed by atoms with Crippen LogP contribution in [0.15, 0.2) is 53.4 Å². The molecule has 0 atom stereocenters. The van der Waals surface area contributed by atoms with Crippen molar-refractivity contribution >= 4 is 15.7 Å². The van der Waals surface area contributed by atoms with E-state index in [0.29, 0.717) is 5.56 Å². The number of para-hydroxylation sites is 1. The van der Waals surface area contributed by atoms with E-state index in [1.165, 1.54) is 24.3 Å². The number of alkyl halides is 3. The van der Waals surface area contributed by atoms with Gasteiger partial charge in [-0.25, -0.2) is 13.1 Å². The van der Waals surface area contributed by atoms with Crippen molar-refractivity contribution in [2.24, 2.45) is 0 Å². The van der Waals surface area contributed by atoms with Crippen LogP contribution in [0.4, 0.5) is 18.9 Å². The molecule has 0 unspecified atom stereocenters. The van der Waals surface area contributed by atoms with Gasteiger partial charge in [0.25, 0.3) is 5.69 Å². The van der Waals surface area contributed by atoms with Crippen LogP contribution in [0.25, 0.3) is 0 Å². The Bertz CT molecular complexity index is 882. The van der Waals surface area contributed by atoms with Crippen LogP contribution < -0.4 is 4.72 Å². The van der Waals surface area contributed by atoms with Crippen molar-refractivity contribution in [3.63, 3.8) is 0 Å². The maximum absolute atomic E-state index is 12.6. The highest BCUT2D eigenvalue weighted by Gasteiger charge is 2.30. The monoisotopic (exact) mass is 374 g/mol. The van der Waals surface area contributed by atoms with E-state index in [1.807, 2.05) is 0 Å². The number of rotatable bonds is 6. The number of nitrogens with one attached hydrogen (secondary N) is 1. The lowest BCUT2D eigenvalue weighted by Crippen LogP contribution is -2.26. The summed E-state index contributed by atoms with van der Waals surface area (Å²) in [6.45, 7) is -0.199. The lowest BCUT2D eigenvalue weighted by atomic mass is 10.1. The molecule has 0 radical (unpaired) electrons. The average molecular weight is 374 g/mol. The smallest absolute Gasteiger partial charge is 0.258 e. The molecule has 0 spiro atoms. The Morgan fingerprint density at radius 1 is 1.08 bits per heavy atom. The Morgan fingerprint density at radius 2 is 1.76 bits per heavy atom. The summed E-state index contributed by atoms with van der Waals surface area (Å²) >= 11 is 0. The predicted molar refractivity (Wildman–Crippen MR) is 83.4 cm³/mol. The van der Waals surface area contributed by atoms with E-state index in [1.54, 1.807) is 0 Å². The first-order valence-electron chi connectivity index (χ1n) is 7.00. The summed E-state index contributed by atoms with van der Waals surface area (Å²) in [6.07, 6.45) is -4.48. The van der Waals surface area contributed by atoms with Crippen LogP contribution >= 0.6 is 0 Å². The molecular formula is C15H13F3N2O4S. The summed E-state index contributed by atoms with van der Waals surface area (Å²) < 4.78 is 64.5. The third kappa shape index (κ3) is 4.77. The molecule has 0 aliphatic carbocycles. The predicted octanol–water partition coefficient (Wildman–Crippen LogP) is 3.13. The van der Waals surface area contributed by atoms with Crippen molar-refractivity contribution in [3.8, 4) is 0 Å². The molecule has 0 aromatic heterocycles. The van der Waals surface area contributed by atoms with Crippen LogP contribution in [0.5, 0.6) is 0 Å². The molecular weight excluding hydrogens is 361 g/mol. The van der Waals surface area contributed by atoms with Gasteiger partial charge in [-0.3, -0.25) is 10.1 Å². The minimum absolute atomic E-state index is 0.00375. The third-order valence-electron chi connectivity index (χ3n) is 3.31. The molecule has 6 nitrogen and oxygen atoms in total. The van der Waals surface area contributed by atoms with Gasteiger partial charge in [0.15, 0.2) is 4.90 Å². The van der Waals surface area contributed by atoms with Crippen LogP contribution in [-0.4, -0.2) is 19.9 Å². The van der Waals surface area contributed by atoms with Gasteiger partial charge in [-0.1, -0.05) is 30.3 Å². The van der Waals surface area contributed by atoms with Gasteiger partial charge in [-0.15, -0.1) is 0 Å². The van der Waals surface area contributed by atoms with Gasteiger partial charge >= 0.3 is 6.18 Å².